The first-order valence-electron chi connectivity index (χ1n) is 10.8. The third-order valence-electron chi connectivity index (χ3n) is 6.45. The molecule has 2 saturated heterocycles. The highest BCUT2D eigenvalue weighted by molar-refractivity contribution is 5.86. The van der Waals surface area contributed by atoms with Crippen LogP contribution in [0.4, 0.5) is 5.69 Å². The van der Waals surface area contributed by atoms with Crippen LogP contribution >= 0.6 is 0 Å². The summed E-state index contributed by atoms with van der Waals surface area (Å²) in [7, 11) is 0. The molecule has 0 spiro atoms. The monoisotopic (exact) mass is 393 g/mol. The van der Waals surface area contributed by atoms with Crippen LogP contribution in [-0.2, 0) is 4.79 Å². The number of nitrogens with zero attached hydrogens (tertiary/aromatic N) is 2. The topological polar surface area (TPSA) is 55.8 Å². The van der Waals surface area contributed by atoms with E-state index in [-0.39, 0.29) is 0 Å². The van der Waals surface area contributed by atoms with Crippen molar-refractivity contribution in [2.24, 2.45) is 0 Å². The van der Waals surface area contributed by atoms with Crippen LogP contribution in [0.1, 0.15) is 49.1 Å². The Morgan fingerprint density at radius 3 is 2.28 bits per heavy atom. The van der Waals surface area contributed by atoms with Gasteiger partial charge in [0.2, 0.25) is 0 Å². The van der Waals surface area contributed by atoms with E-state index in [1.807, 2.05) is 47.9 Å². The van der Waals surface area contributed by atoms with Gasteiger partial charge in [-0.05, 0) is 62.0 Å². The number of amides is 1. The summed E-state index contributed by atoms with van der Waals surface area (Å²) in [5.74, 6) is -0.927. The van der Waals surface area contributed by atoms with Crippen molar-refractivity contribution < 1.29 is 10.0 Å². The highest BCUT2D eigenvalue weighted by Crippen LogP contribution is 2.30. The lowest BCUT2D eigenvalue weighted by atomic mass is 9.90. The van der Waals surface area contributed by atoms with E-state index in [0.717, 1.165) is 29.9 Å². The van der Waals surface area contributed by atoms with Gasteiger partial charge in [-0.3, -0.25) is 10.0 Å². The first-order chi connectivity index (χ1) is 14.3. The van der Waals surface area contributed by atoms with Crippen molar-refractivity contribution in [3.05, 3.63) is 65.7 Å². The van der Waals surface area contributed by atoms with Crippen LogP contribution < -0.4 is 10.4 Å². The number of carbonyl (C=O) groups excluding carboxylic acids is 1. The molecule has 5 nitrogen and oxygen atoms in total. The summed E-state index contributed by atoms with van der Waals surface area (Å²) in [6.07, 6.45) is 6.46. The van der Waals surface area contributed by atoms with E-state index in [2.05, 4.69) is 21.9 Å². The van der Waals surface area contributed by atoms with Crippen LogP contribution in [0.15, 0.2) is 54.6 Å². The number of rotatable bonds is 5. The van der Waals surface area contributed by atoms with Crippen LogP contribution in [0.2, 0.25) is 0 Å². The molecule has 0 radical (unpaired) electrons. The van der Waals surface area contributed by atoms with Gasteiger partial charge in [-0.1, -0.05) is 48.9 Å². The Balaban J connectivity index is 1.49. The third kappa shape index (κ3) is 4.62. The van der Waals surface area contributed by atoms with Gasteiger partial charge in [0, 0.05) is 24.8 Å². The van der Waals surface area contributed by atoms with Crippen molar-refractivity contribution in [3.63, 3.8) is 0 Å². The molecular formula is C24H31N3O2. The molecule has 0 aliphatic carbocycles. The fourth-order valence-electron chi connectivity index (χ4n) is 4.88. The fourth-order valence-corrected chi connectivity index (χ4v) is 4.88. The van der Waals surface area contributed by atoms with E-state index < -0.39 is 11.8 Å². The number of hydrogen-bond acceptors (Lipinski definition) is 4. The molecule has 0 bridgehead atoms. The molecule has 1 unspecified atom stereocenters. The second-order valence-corrected chi connectivity index (χ2v) is 8.23. The number of nitrogens with one attached hydrogen (secondary N) is 1. The Hall–Kier alpha value is -2.37. The molecule has 2 heterocycles. The Labute approximate surface area is 173 Å². The average Bonchev–Trinajstić information content (AvgIpc) is 2.81. The molecular weight excluding hydrogens is 362 g/mol. The molecule has 2 aliphatic rings. The zero-order valence-corrected chi connectivity index (χ0v) is 17.0. The van der Waals surface area contributed by atoms with Gasteiger partial charge in [-0.2, -0.15) is 0 Å². The SMILES string of the molecule is O=C(NO)C(c1ccccc1)c1cccc(N2CCC(N3CCCCC3)CC2)c1. The summed E-state index contributed by atoms with van der Waals surface area (Å²) in [4.78, 5) is 17.6. The van der Waals surface area contributed by atoms with Crippen LogP contribution in [0.3, 0.4) is 0 Å². The highest BCUT2D eigenvalue weighted by atomic mass is 16.5. The van der Waals surface area contributed by atoms with Gasteiger partial charge in [-0.15, -0.1) is 0 Å². The predicted molar refractivity (Wildman–Crippen MR) is 115 cm³/mol. The molecule has 4 rings (SSSR count). The van der Waals surface area contributed by atoms with Gasteiger partial charge in [0.05, 0.1) is 5.92 Å². The van der Waals surface area contributed by atoms with Crippen LogP contribution in [0.25, 0.3) is 0 Å². The number of hydrogen-bond donors (Lipinski definition) is 2. The highest BCUT2D eigenvalue weighted by Gasteiger charge is 2.27. The standard InChI is InChI=1S/C24H31N3O2/c28-24(25-29)23(19-8-3-1-4-9-19)20-10-7-11-22(18-20)27-16-12-21(13-17-27)26-14-5-2-6-15-26/h1,3-4,7-11,18,21,23,29H,2,5-6,12-17H2,(H,25,28). The molecule has 2 aromatic rings. The Kier molecular flexibility index (Phi) is 6.47. The number of anilines is 1. The zero-order chi connectivity index (χ0) is 20.1. The maximum Gasteiger partial charge on any atom is 0.255 e. The zero-order valence-electron chi connectivity index (χ0n) is 17.0. The third-order valence-corrected chi connectivity index (χ3v) is 6.45. The van der Waals surface area contributed by atoms with E-state index >= 15 is 0 Å². The van der Waals surface area contributed by atoms with Crippen molar-refractivity contribution in [1.82, 2.24) is 10.4 Å². The van der Waals surface area contributed by atoms with Gasteiger partial charge < -0.3 is 9.80 Å². The smallest absolute Gasteiger partial charge is 0.255 e. The minimum atomic E-state index is -0.521. The van der Waals surface area contributed by atoms with Crippen LogP contribution in [0, 0.1) is 0 Å². The fraction of sp³-hybridized carbons (Fsp3) is 0.458. The van der Waals surface area contributed by atoms with Crippen molar-refractivity contribution in [2.45, 2.75) is 44.1 Å². The summed E-state index contributed by atoms with van der Waals surface area (Å²) in [5.41, 5.74) is 4.78. The van der Waals surface area contributed by atoms with E-state index in [0.29, 0.717) is 6.04 Å². The maximum absolute atomic E-state index is 12.4. The second kappa shape index (κ2) is 9.42. The summed E-state index contributed by atoms with van der Waals surface area (Å²) in [5, 5.41) is 9.28. The Morgan fingerprint density at radius 1 is 0.897 bits per heavy atom. The molecule has 0 saturated carbocycles. The van der Waals surface area contributed by atoms with E-state index in [9.17, 15) is 10.0 Å². The number of benzene rings is 2. The normalized spacial score (nSPS) is 19.7. The van der Waals surface area contributed by atoms with E-state index in [4.69, 9.17) is 0 Å². The van der Waals surface area contributed by atoms with Gasteiger partial charge in [-0.25, -0.2) is 5.48 Å². The van der Waals surface area contributed by atoms with Crippen molar-refractivity contribution in [1.29, 1.82) is 0 Å². The molecule has 0 aromatic heterocycles. The van der Waals surface area contributed by atoms with E-state index in [1.165, 1.54) is 45.2 Å². The maximum atomic E-state index is 12.4. The Bertz CT molecular complexity index is 797. The number of piperidine rings is 2. The predicted octanol–water partition coefficient (Wildman–Crippen LogP) is 3.78. The lowest BCUT2D eigenvalue weighted by molar-refractivity contribution is -0.129. The summed E-state index contributed by atoms with van der Waals surface area (Å²) < 4.78 is 0. The second-order valence-electron chi connectivity index (χ2n) is 8.23. The molecule has 1 amide bonds. The Morgan fingerprint density at radius 2 is 1.59 bits per heavy atom. The van der Waals surface area contributed by atoms with Crippen LogP contribution in [-0.4, -0.2) is 48.2 Å². The first-order valence-corrected chi connectivity index (χ1v) is 10.8. The molecule has 154 valence electrons. The van der Waals surface area contributed by atoms with Crippen molar-refractivity contribution >= 4 is 11.6 Å². The molecule has 2 fully saturated rings. The number of hydroxylamine groups is 1. The van der Waals surface area contributed by atoms with E-state index in [1.54, 1.807) is 0 Å². The molecule has 1 atom stereocenters. The first kappa shape index (κ1) is 19.9. The van der Waals surface area contributed by atoms with Gasteiger partial charge in [0.1, 0.15) is 0 Å². The van der Waals surface area contributed by atoms with Gasteiger partial charge in [0.15, 0.2) is 0 Å². The van der Waals surface area contributed by atoms with Gasteiger partial charge in [0.25, 0.3) is 5.91 Å². The summed E-state index contributed by atoms with van der Waals surface area (Å²) in [6.45, 7) is 4.62. The summed E-state index contributed by atoms with van der Waals surface area (Å²) in [6, 6.07) is 18.6. The summed E-state index contributed by atoms with van der Waals surface area (Å²) >= 11 is 0. The molecule has 2 aliphatic heterocycles. The lowest BCUT2D eigenvalue weighted by Gasteiger charge is -2.41. The molecule has 2 aromatic carbocycles. The van der Waals surface area contributed by atoms with Crippen LogP contribution in [0.5, 0.6) is 0 Å². The number of likely N-dealkylation sites (tertiary alicyclic amines) is 1. The molecule has 2 N–H and O–H groups in total. The average molecular weight is 394 g/mol. The van der Waals surface area contributed by atoms with Crippen molar-refractivity contribution in [3.8, 4) is 0 Å². The molecule has 29 heavy (non-hydrogen) atoms. The van der Waals surface area contributed by atoms with Crippen molar-refractivity contribution in [2.75, 3.05) is 31.1 Å². The lowest BCUT2D eigenvalue weighted by Crippen LogP contribution is -2.46. The molecule has 5 heteroatoms. The quantitative estimate of drug-likeness (QED) is 0.600. The minimum Gasteiger partial charge on any atom is -0.371 e. The van der Waals surface area contributed by atoms with Gasteiger partial charge >= 0.3 is 0 Å². The minimum absolute atomic E-state index is 0.405. The largest absolute Gasteiger partial charge is 0.371 e. The number of carbonyl (C=O) groups is 1.